The number of aliphatic carboxylic acids is 2. The molecule has 0 aromatic rings. The van der Waals surface area contributed by atoms with Crippen LogP contribution in [-0.4, -0.2) is 58.8 Å². The minimum Gasteiger partial charge on any atom is -0.481 e. The number of carboxylic acid groups (broad SMARTS) is 2. The van der Waals surface area contributed by atoms with Gasteiger partial charge in [-0.2, -0.15) is 0 Å². The maximum absolute atomic E-state index is 11.2. The highest BCUT2D eigenvalue weighted by atomic mass is 31.2. The number of rotatable bonds is 14. The lowest BCUT2D eigenvalue weighted by Crippen LogP contribution is -2.28. The number of carboxylic acids is 2. The summed E-state index contributed by atoms with van der Waals surface area (Å²) in [6, 6.07) is 0. The molecular weight excluding hydrogens is 425 g/mol. The maximum atomic E-state index is 11.2. The summed E-state index contributed by atoms with van der Waals surface area (Å²) in [6.45, 7) is 3.71. The second-order valence-electron chi connectivity index (χ2n) is 6.37. The molecule has 1 atom stereocenters. The molecule has 0 bridgehead atoms. The van der Waals surface area contributed by atoms with Crippen LogP contribution in [0.1, 0.15) is 59.3 Å². The van der Waals surface area contributed by atoms with Gasteiger partial charge in [0.1, 0.15) is 6.29 Å². The zero-order valence-corrected chi connectivity index (χ0v) is 18.4. The summed E-state index contributed by atoms with van der Waals surface area (Å²) in [7, 11) is -4.27. The quantitative estimate of drug-likeness (QED) is 0.130. The first-order valence-corrected chi connectivity index (χ1v) is 11.1. The summed E-state index contributed by atoms with van der Waals surface area (Å²) >= 11 is 0. The van der Waals surface area contributed by atoms with Crippen molar-refractivity contribution < 1.29 is 52.8 Å². The second kappa shape index (κ2) is 17.7. The van der Waals surface area contributed by atoms with E-state index in [9.17, 15) is 23.7 Å². The number of ether oxygens (including phenoxy) is 2. The normalized spacial score (nSPS) is 12.2. The van der Waals surface area contributed by atoms with E-state index in [1.54, 1.807) is 13.8 Å². The monoisotopic (exact) mass is 457 g/mol. The average molecular weight is 457 g/mol. The molecule has 0 heterocycles. The average Bonchev–Trinajstić information content (AvgIpc) is 2.65. The highest BCUT2D eigenvalue weighted by molar-refractivity contribution is 7.52. The number of hydrogen-bond acceptors (Lipinski definition) is 8. The number of amides is 1. The highest BCUT2D eigenvalue weighted by Crippen LogP contribution is 2.39. The second-order valence-corrected chi connectivity index (χ2v) is 8.21. The maximum Gasteiger partial charge on any atom is 0.410 e. The Bertz CT molecular complexity index is 580. The van der Waals surface area contributed by atoms with E-state index in [0.29, 0.717) is 6.42 Å². The summed E-state index contributed by atoms with van der Waals surface area (Å²) in [5.41, 5.74) is 0. The van der Waals surface area contributed by atoms with Crippen molar-refractivity contribution in [1.82, 2.24) is 5.32 Å². The molecule has 0 radical (unpaired) electrons. The molecule has 1 unspecified atom stereocenters. The standard InChI is InChI=1S/C9H16NO9P.C8H16O2/c1-6(2)8(13)17-5-18-9(14)10-4-20(15,16)19-3-7(11)12;1-2-3-4-5-6-7-8(9)10/h6H,3-5H2,1-2H3,(H,10,14)(H,11,12)(H,15,16);2-7H2,1H3,(H,9,10). The first-order valence-electron chi connectivity index (χ1n) is 9.38. The Labute approximate surface area is 175 Å². The van der Waals surface area contributed by atoms with Gasteiger partial charge in [0.25, 0.3) is 0 Å². The molecule has 0 aromatic heterocycles. The van der Waals surface area contributed by atoms with Crippen molar-refractivity contribution >= 4 is 31.6 Å². The van der Waals surface area contributed by atoms with Gasteiger partial charge in [0.05, 0.1) is 5.92 Å². The molecule has 0 rings (SSSR count). The number of unbranched alkanes of at least 4 members (excludes halogenated alkanes) is 4. The zero-order valence-electron chi connectivity index (χ0n) is 17.5. The van der Waals surface area contributed by atoms with Gasteiger partial charge in [-0.1, -0.05) is 46.5 Å². The van der Waals surface area contributed by atoms with Crippen molar-refractivity contribution in [3.63, 3.8) is 0 Å². The Balaban J connectivity index is 0. The molecule has 176 valence electrons. The van der Waals surface area contributed by atoms with E-state index in [4.69, 9.17) is 15.1 Å². The number of hydrogen-bond donors (Lipinski definition) is 4. The van der Waals surface area contributed by atoms with Crippen LogP contribution in [0.5, 0.6) is 0 Å². The van der Waals surface area contributed by atoms with Crippen molar-refractivity contribution in [2.24, 2.45) is 5.92 Å². The first kappa shape index (κ1) is 30.0. The Morgan fingerprint density at radius 1 is 0.967 bits per heavy atom. The van der Waals surface area contributed by atoms with Crippen LogP contribution < -0.4 is 5.32 Å². The molecule has 0 aliphatic carbocycles. The van der Waals surface area contributed by atoms with E-state index in [1.165, 1.54) is 19.3 Å². The van der Waals surface area contributed by atoms with E-state index >= 15 is 0 Å². The third kappa shape index (κ3) is 22.1. The molecule has 4 N–H and O–H groups in total. The third-order valence-corrected chi connectivity index (χ3v) is 4.26. The summed E-state index contributed by atoms with van der Waals surface area (Å²) in [5.74, 6) is -3.06. The Morgan fingerprint density at radius 2 is 1.57 bits per heavy atom. The molecule has 12 nitrogen and oxygen atoms in total. The molecule has 0 saturated carbocycles. The van der Waals surface area contributed by atoms with Gasteiger partial charge in [-0.3, -0.25) is 18.7 Å². The lowest BCUT2D eigenvalue weighted by Gasteiger charge is -2.12. The van der Waals surface area contributed by atoms with Crippen LogP contribution in [0, 0.1) is 5.92 Å². The minimum absolute atomic E-state index is 0.337. The van der Waals surface area contributed by atoms with Gasteiger partial charge in [-0.05, 0) is 6.42 Å². The van der Waals surface area contributed by atoms with E-state index in [1.807, 2.05) is 5.32 Å². The molecule has 0 aliphatic rings. The molecule has 0 fully saturated rings. The van der Waals surface area contributed by atoms with Gasteiger partial charge in [-0.25, -0.2) is 9.59 Å². The first-order chi connectivity index (χ1) is 13.9. The van der Waals surface area contributed by atoms with Gasteiger partial charge in [0.2, 0.25) is 6.79 Å². The molecule has 13 heteroatoms. The SMILES string of the molecule is CC(C)C(=O)OCOC(=O)NCP(=O)(O)OCC(=O)O.CCCCCCCC(=O)O. The van der Waals surface area contributed by atoms with Crippen LogP contribution >= 0.6 is 7.60 Å². The minimum atomic E-state index is -4.27. The molecule has 1 amide bonds. The van der Waals surface area contributed by atoms with Crippen LogP contribution in [0.25, 0.3) is 0 Å². The smallest absolute Gasteiger partial charge is 0.410 e. The van der Waals surface area contributed by atoms with Crippen LogP contribution in [0.4, 0.5) is 4.79 Å². The van der Waals surface area contributed by atoms with Crippen molar-refractivity contribution in [2.45, 2.75) is 59.3 Å². The third-order valence-electron chi connectivity index (χ3n) is 3.17. The number of alkyl carbamates (subject to hydrolysis) is 1. The number of carbonyl (C=O) groups excluding carboxylic acids is 2. The molecule has 0 spiro atoms. The van der Waals surface area contributed by atoms with Crippen LogP contribution in [0.2, 0.25) is 0 Å². The van der Waals surface area contributed by atoms with Crippen molar-refractivity contribution in [3.05, 3.63) is 0 Å². The number of nitrogens with one attached hydrogen (secondary N) is 1. The van der Waals surface area contributed by atoms with Gasteiger partial charge in [-0.15, -0.1) is 0 Å². The summed E-state index contributed by atoms with van der Waals surface area (Å²) < 4.78 is 24.3. The largest absolute Gasteiger partial charge is 0.481 e. The van der Waals surface area contributed by atoms with E-state index in [-0.39, 0.29) is 5.92 Å². The lowest BCUT2D eigenvalue weighted by atomic mass is 10.1. The van der Waals surface area contributed by atoms with Gasteiger partial charge in [0.15, 0.2) is 6.61 Å². The molecule has 0 saturated heterocycles. The Kier molecular flexibility index (Phi) is 17.7. The van der Waals surface area contributed by atoms with E-state index < -0.39 is 51.3 Å². The summed E-state index contributed by atoms with van der Waals surface area (Å²) in [5, 5.41) is 18.4. The predicted molar refractivity (Wildman–Crippen MR) is 105 cm³/mol. The van der Waals surface area contributed by atoms with Crippen LogP contribution in [0.15, 0.2) is 0 Å². The highest BCUT2D eigenvalue weighted by Gasteiger charge is 2.22. The Hall–Kier alpha value is -2.17. The molecule has 0 aliphatic heterocycles. The lowest BCUT2D eigenvalue weighted by molar-refractivity contribution is -0.155. The zero-order chi connectivity index (χ0) is 23.6. The topological polar surface area (TPSA) is 186 Å². The van der Waals surface area contributed by atoms with Crippen molar-refractivity contribution in [2.75, 3.05) is 19.7 Å². The number of esters is 1. The number of carbonyl (C=O) groups is 4. The molecular formula is C17H32NO11P. The van der Waals surface area contributed by atoms with Crippen molar-refractivity contribution in [3.8, 4) is 0 Å². The van der Waals surface area contributed by atoms with E-state index in [2.05, 4.69) is 20.9 Å². The molecule has 30 heavy (non-hydrogen) atoms. The van der Waals surface area contributed by atoms with E-state index in [0.717, 1.165) is 12.8 Å². The fourth-order valence-corrected chi connectivity index (χ4v) is 2.34. The summed E-state index contributed by atoms with van der Waals surface area (Å²) in [4.78, 5) is 51.3. The fourth-order valence-electron chi connectivity index (χ4n) is 1.60. The van der Waals surface area contributed by atoms with Crippen LogP contribution in [0.3, 0.4) is 0 Å². The van der Waals surface area contributed by atoms with Gasteiger partial charge in [0, 0.05) is 6.42 Å². The van der Waals surface area contributed by atoms with Gasteiger partial charge >= 0.3 is 31.6 Å². The van der Waals surface area contributed by atoms with Gasteiger partial charge < -0.3 is 29.9 Å². The predicted octanol–water partition coefficient (Wildman–Crippen LogP) is 2.54. The van der Waals surface area contributed by atoms with Crippen LogP contribution in [-0.2, 0) is 32.9 Å². The fraction of sp³-hybridized carbons (Fsp3) is 0.765. The van der Waals surface area contributed by atoms with Crippen molar-refractivity contribution in [1.29, 1.82) is 0 Å². The Morgan fingerprint density at radius 3 is 2.07 bits per heavy atom. The molecule has 0 aromatic carbocycles. The summed E-state index contributed by atoms with van der Waals surface area (Å²) in [6.07, 6.45) is 3.93.